The van der Waals surface area contributed by atoms with Gasteiger partial charge in [-0.15, -0.1) is 0 Å². The lowest BCUT2D eigenvalue weighted by atomic mass is 10.0. The number of nitrogens with one attached hydrogen (secondary N) is 1. The summed E-state index contributed by atoms with van der Waals surface area (Å²) in [5, 5.41) is 3.39. The molecule has 4 heteroatoms. The minimum Gasteiger partial charge on any atom is -0.399 e. The number of halogens is 1. The van der Waals surface area contributed by atoms with E-state index < -0.39 is 0 Å². The number of nitrogen functional groups attached to an aromatic ring is 1. The molecule has 2 aromatic rings. The molecular formula is C16H17ClN2O. The molecule has 20 heavy (non-hydrogen) atoms. The summed E-state index contributed by atoms with van der Waals surface area (Å²) in [6, 6.07) is 14.7. The fraction of sp³-hybridized carbons (Fsp3) is 0.188. The number of amides is 1. The Morgan fingerprint density at radius 3 is 2.60 bits per heavy atom. The molecule has 104 valence electrons. The van der Waals surface area contributed by atoms with Gasteiger partial charge in [0.05, 0.1) is 16.6 Å². The maximum Gasteiger partial charge on any atom is 0.253 e. The van der Waals surface area contributed by atoms with E-state index in [9.17, 15) is 4.79 Å². The predicted molar refractivity (Wildman–Crippen MR) is 82.8 cm³/mol. The van der Waals surface area contributed by atoms with Gasteiger partial charge in [0.2, 0.25) is 0 Å². The number of benzene rings is 2. The SMILES string of the molecule is CCC(NC(=O)c1cc(N)ccc1Cl)c1ccccc1. The van der Waals surface area contributed by atoms with E-state index in [4.69, 9.17) is 17.3 Å². The topological polar surface area (TPSA) is 55.1 Å². The second kappa shape index (κ2) is 6.44. The first-order chi connectivity index (χ1) is 9.61. The summed E-state index contributed by atoms with van der Waals surface area (Å²) in [5.41, 5.74) is 7.70. The molecule has 2 aromatic carbocycles. The van der Waals surface area contributed by atoms with Gasteiger partial charge in [0, 0.05) is 5.69 Å². The Labute approximate surface area is 123 Å². The van der Waals surface area contributed by atoms with Crippen LogP contribution in [0, 0.1) is 0 Å². The molecule has 0 fully saturated rings. The highest BCUT2D eigenvalue weighted by molar-refractivity contribution is 6.34. The van der Waals surface area contributed by atoms with Crippen LogP contribution in [0.1, 0.15) is 35.3 Å². The Bertz CT molecular complexity index is 599. The molecule has 0 aromatic heterocycles. The van der Waals surface area contributed by atoms with Crippen LogP contribution >= 0.6 is 11.6 Å². The number of anilines is 1. The Morgan fingerprint density at radius 2 is 1.95 bits per heavy atom. The first kappa shape index (κ1) is 14.4. The van der Waals surface area contributed by atoms with E-state index in [2.05, 4.69) is 5.32 Å². The van der Waals surface area contributed by atoms with Crippen LogP contribution in [-0.4, -0.2) is 5.91 Å². The molecule has 0 heterocycles. The number of rotatable bonds is 4. The van der Waals surface area contributed by atoms with Crippen molar-refractivity contribution >= 4 is 23.2 Å². The van der Waals surface area contributed by atoms with Gasteiger partial charge in [-0.1, -0.05) is 48.9 Å². The molecular weight excluding hydrogens is 272 g/mol. The number of hydrogen-bond acceptors (Lipinski definition) is 2. The molecule has 0 aliphatic rings. The van der Waals surface area contributed by atoms with Crippen molar-refractivity contribution in [3.8, 4) is 0 Å². The predicted octanol–water partition coefficient (Wildman–Crippen LogP) is 3.80. The summed E-state index contributed by atoms with van der Waals surface area (Å²) in [6.07, 6.45) is 0.801. The third-order valence-corrected chi connectivity index (χ3v) is 3.48. The monoisotopic (exact) mass is 288 g/mol. The summed E-state index contributed by atoms with van der Waals surface area (Å²) >= 11 is 6.05. The summed E-state index contributed by atoms with van der Waals surface area (Å²) < 4.78 is 0. The quantitative estimate of drug-likeness (QED) is 0.841. The van der Waals surface area contributed by atoms with Gasteiger partial charge in [0.15, 0.2) is 0 Å². The molecule has 0 aliphatic heterocycles. The summed E-state index contributed by atoms with van der Waals surface area (Å²) in [7, 11) is 0. The van der Waals surface area contributed by atoms with E-state index >= 15 is 0 Å². The molecule has 3 nitrogen and oxygen atoms in total. The largest absolute Gasteiger partial charge is 0.399 e. The highest BCUT2D eigenvalue weighted by atomic mass is 35.5. The van der Waals surface area contributed by atoms with E-state index in [1.165, 1.54) is 0 Å². The lowest BCUT2D eigenvalue weighted by Gasteiger charge is -2.18. The van der Waals surface area contributed by atoms with Crippen molar-refractivity contribution in [2.75, 3.05) is 5.73 Å². The van der Waals surface area contributed by atoms with E-state index in [1.54, 1.807) is 18.2 Å². The van der Waals surface area contributed by atoms with E-state index in [0.29, 0.717) is 16.3 Å². The van der Waals surface area contributed by atoms with E-state index in [-0.39, 0.29) is 11.9 Å². The van der Waals surface area contributed by atoms with Crippen LogP contribution in [0.5, 0.6) is 0 Å². The van der Waals surface area contributed by atoms with Crippen LogP contribution < -0.4 is 11.1 Å². The number of carbonyl (C=O) groups is 1. The average Bonchev–Trinajstić information content (AvgIpc) is 2.48. The van der Waals surface area contributed by atoms with Gasteiger partial charge >= 0.3 is 0 Å². The number of nitrogens with two attached hydrogens (primary N) is 1. The van der Waals surface area contributed by atoms with Gasteiger partial charge in [-0.3, -0.25) is 4.79 Å². The molecule has 2 rings (SSSR count). The standard InChI is InChI=1S/C16H17ClN2O/c1-2-15(11-6-4-3-5-7-11)19-16(20)13-10-12(18)8-9-14(13)17/h3-10,15H,2,18H2,1H3,(H,19,20). The molecule has 0 bridgehead atoms. The maximum absolute atomic E-state index is 12.3. The van der Waals surface area contributed by atoms with Gasteiger partial charge in [-0.2, -0.15) is 0 Å². The fourth-order valence-corrected chi connectivity index (χ4v) is 2.26. The average molecular weight is 289 g/mol. The van der Waals surface area contributed by atoms with E-state index in [1.807, 2.05) is 37.3 Å². The number of hydrogen-bond donors (Lipinski definition) is 2. The van der Waals surface area contributed by atoms with Gasteiger partial charge in [0.1, 0.15) is 0 Å². The summed E-state index contributed by atoms with van der Waals surface area (Å²) in [4.78, 5) is 12.3. The Balaban J connectivity index is 2.20. The van der Waals surface area contributed by atoms with E-state index in [0.717, 1.165) is 12.0 Å². The molecule has 0 saturated heterocycles. The van der Waals surface area contributed by atoms with Crippen molar-refractivity contribution in [1.82, 2.24) is 5.32 Å². The Hall–Kier alpha value is -2.00. The maximum atomic E-state index is 12.3. The van der Waals surface area contributed by atoms with Crippen LogP contribution in [0.15, 0.2) is 48.5 Å². The molecule has 1 unspecified atom stereocenters. The second-order valence-corrected chi connectivity index (χ2v) is 4.99. The molecule has 1 atom stereocenters. The Kier molecular flexibility index (Phi) is 4.64. The minimum absolute atomic E-state index is 0.0406. The number of carbonyl (C=O) groups excluding carboxylic acids is 1. The third kappa shape index (κ3) is 3.31. The highest BCUT2D eigenvalue weighted by Crippen LogP contribution is 2.21. The van der Waals surface area contributed by atoms with Crippen molar-refractivity contribution in [1.29, 1.82) is 0 Å². The minimum atomic E-state index is -0.210. The van der Waals surface area contributed by atoms with Crippen molar-refractivity contribution in [2.24, 2.45) is 0 Å². The van der Waals surface area contributed by atoms with Crippen LogP contribution in [0.4, 0.5) is 5.69 Å². The zero-order valence-corrected chi connectivity index (χ0v) is 12.0. The van der Waals surface area contributed by atoms with Crippen LogP contribution in [0.2, 0.25) is 5.02 Å². The second-order valence-electron chi connectivity index (χ2n) is 4.58. The molecule has 3 N–H and O–H groups in total. The van der Waals surface area contributed by atoms with Crippen molar-refractivity contribution in [3.63, 3.8) is 0 Å². The van der Waals surface area contributed by atoms with Gasteiger partial charge in [-0.25, -0.2) is 0 Å². The first-order valence-electron chi connectivity index (χ1n) is 6.52. The van der Waals surface area contributed by atoms with Crippen molar-refractivity contribution in [3.05, 3.63) is 64.7 Å². The normalized spacial score (nSPS) is 11.9. The fourth-order valence-electron chi connectivity index (χ4n) is 2.06. The van der Waals surface area contributed by atoms with Crippen molar-refractivity contribution < 1.29 is 4.79 Å². The smallest absolute Gasteiger partial charge is 0.253 e. The third-order valence-electron chi connectivity index (χ3n) is 3.15. The molecule has 1 amide bonds. The summed E-state index contributed by atoms with van der Waals surface area (Å²) in [6.45, 7) is 2.03. The van der Waals surface area contributed by atoms with Gasteiger partial charge in [0.25, 0.3) is 5.91 Å². The lowest BCUT2D eigenvalue weighted by molar-refractivity contribution is 0.0936. The summed E-state index contributed by atoms with van der Waals surface area (Å²) in [5.74, 6) is -0.210. The zero-order chi connectivity index (χ0) is 14.5. The molecule has 0 radical (unpaired) electrons. The van der Waals surface area contributed by atoms with Crippen LogP contribution in [0.25, 0.3) is 0 Å². The zero-order valence-electron chi connectivity index (χ0n) is 11.3. The van der Waals surface area contributed by atoms with Crippen LogP contribution in [-0.2, 0) is 0 Å². The molecule has 0 spiro atoms. The van der Waals surface area contributed by atoms with Crippen molar-refractivity contribution in [2.45, 2.75) is 19.4 Å². The van der Waals surface area contributed by atoms with Crippen LogP contribution in [0.3, 0.4) is 0 Å². The van der Waals surface area contributed by atoms with Gasteiger partial charge < -0.3 is 11.1 Å². The lowest BCUT2D eigenvalue weighted by Crippen LogP contribution is -2.28. The molecule has 0 saturated carbocycles. The highest BCUT2D eigenvalue weighted by Gasteiger charge is 2.16. The van der Waals surface area contributed by atoms with Gasteiger partial charge in [-0.05, 0) is 30.2 Å². The molecule has 0 aliphatic carbocycles. The Morgan fingerprint density at radius 1 is 1.25 bits per heavy atom. The first-order valence-corrected chi connectivity index (χ1v) is 6.90.